The molecule has 0 amide bonds. The predicted molar refractivity (Wildman–Crippen MR) is 101 cm³/mol. The van der Waals surface area contributed by atoms with Crippen LogP contribution >= 0.6 is 0 Å². The van der Waals surface area contributed by atoms with Gasteiger partial charge >= 0.3 is 0 Å². The second-order valence-corrected chi connectivity index (χ2v) is 6.14. The Morgan fingerprint density at radius 3 is 2.52 bits per heavy atom. The van der Waals surface area contributed by atoms with E-state index >= 15 is 0 Å². The highest BCUT2D eigenvalue weighted by atomic mass is 16.1. The van der Waals surface area contributed by atoms with Gasteiger partial charge in [0.1, 0.15) is 0 Å². The average Bonchev–Trinajstić information content (AvgIpc) is 3.09. The third-order valence-electron chi connectivity index (χ3n) is 4.05. The van der Waals surface area contributed by atoms with Crippen LogP contribution in [0.15, 0.2) is 67.0 Å². The number of aromatic nitrogens is 2. The first-order valence-electron chi connectivity index (χ1n) is 8.67. The number of hydrogen-bond acceptors (Lipinski definition) is 3. The van der Waals surface area contributed by atoms with Crippen LogP contribution in [0.4, 0.5) is 5.69 Å². The number of benzene rings is 2. The van der Waals surface area contributed by atoms with E-state index in [0.29, 0.717) is 13.0 Å². The van der Waals surface area contributed by atoms with Gasteiger partial charge in [-0.2, -0.15) is 5.10 Å². The van der Waals surface area contributed by atoms with Crippen molar-refractivity contribution in [2.75, 3.05) is 5.32 Å². The number of hydrogen-bond donors (Lipinski definition) is 1. The number of anilines is 1. The summed E-state index contributed by atoms with van der Waals surface area (Å²) in [4.78, 5) is 11.9. The van der Waals surface area contributed by atoms with Crippen LogP contribution in [0.5, 0.6) is 0 Å². The molecule has 0 spiro atoms. The van der Waals surface area contributed by atoms with Gasteiger partial charge in [0, 0.05) is 36.0 Å². The van der Waals surface area contributed by atoms with E-state index in [4.69, 9.17) is 0 Å². The quantitative estimate of drug-likeness (QED) is 0.616. The summed E-state index contributed by atoms with van der Waals surface area (Å²) in [5, 5.41) is 7.79. The smallest absolute Gasteiger partial charge is 0.162 e. The number of ketones is 1. The minimum Gasteiger partial charge on any atom is -0.381 e. The summed E-state index contributed by atoms with van der Waals surface area (Å²) in [5.41, 5.74) is 4.14. The number of Topliss-reactive ketones (excluding diaryl/α,β-unsaturated/α-hetero) is 1. The molecule has 128 valence electrons. The Balaban J connectivity index is 1.54. The number of carbonyl (C=O) groups excluding carboxylic acids is 1. The van der Waals surface area contributed by atoms with Gasteiger partial charge in [0.25, 0.3) is 0 Å². The summed E-state index contributed by atoms with van der Waals surface area (Å²) in [5.74, 6) is 0.205. The van der Waals surface area contributed by atoms with Gasteiger partial charge < -0.3 is 5.32 Å². The zero-order chi connectivity index (χ0) is 17.5. The summed E-state index contributed by atoms with van der Waals surface area (Å²) in [6.07, 6.45) is 5.42. The van der Waals surface area contributed by atoms with Crippen LogP contribution in [0.1, 0.15) is 41.3 Å². The molecule has 25 heavy (non-hydrogen) atoms. The Morgan fingerprint density at radius 1 is 1.04 bits per heavy atom. The molecule has 1 heterocycles. The fourth-order valence-electron chi connectivity index (χ4n) is 2.70. The van der Waals surface area contributed by atoms with E-state index in [0.717, 1.165) is 29.8 Å². The predicted octanol–water partition coefficient (Wildman–Crippen LogP) is 4.53. The van der Waals surface area contributed by atoms with Crippen molar-refractivity contribution in [1.82, 2.24) is 9.78 Å². The summed E-state index contributed by atoms with van der Waals surface area (Å²) in [6, 6.07) is 18.0. The zero-order valence-electron chi connectivity index (χ0n) is 14.5. The molecule has 1 aromatic heterocycles. The maximum Gasteiger partial charge on any atom is 0.162 e. The van der Waals surface area contributed by atoms with Crippen LogP contribution in [-0.2, 0) is 13.1 Å². The molecule has 0 unspecified atom stereocenters. The molecule has 4 nitrogen and oxygen atoms in total. The highest BCUT2D eigenvalue weighted by Gasteiger charge is 2.04. The Kier molecular flexibility index (Phi) is 5.62. The van der Waals surface area contributed by atoms with Crippen molar-refractivity contribution >= 4 is 11.5 Å². The topological polar surface area (TPSA) is 46.9 Å². The largest absolute Gasteiger partial charge is 0.381 e. The maximum absolute atomic E-state index is 11.9. The molecule has 0 bridgehead atoms. The molecule has 3 aromatic rings. The molecule has 0 fully saturated rings. The minimum atomic E-state index is 0.205. The molecule has 1 N–H and O–H groups in total. The summed E-state index contributed by atoms with van der Waals surface area (Å²) < 4.78 is 1.94. The van der Waals surface area contributed by atoms with E-state index in [-0.39, 0.29) is 5.78 Å². The normalized spacial score (nSPS) is 10.6. The highest BCUT2D eigenvalue weighted by Crippen LogP contribution is 2.13. The first-order chi connectivity index (χ1) is 12.2. The monoisotopic (exact) mass is 333 g/mol. The van der Waals surface area contributed by atoms with Crippen LogP contribution in [0.25, 0.3) is 0 Å². The van der Waals surface area contributed by atoms with E-state index in [2.05, 4.69) is 28.7 Å². The summed E-state index contributed by atoms with van der Waals surface area (Å²) in [7, 11) is 0. The highest BCUT2D eigenvalue weighted by molar-refractivity contribution is 5.96. The van der Waals surface area contributed by atoms with Crippen LogP contribution < -0.4 is 5.32 Å². The molecular formula is C21H23N3O. The van der Waals surface area contributed by atoms with E-state index in [9.17, 15) is 4.79 Å². The molecule has 0 saturated carbocycles. The lowest BCUT2D eigenvalue weighted by Gasteiger charge is -2.06. The van der Waals surface area contributed by atoms with Gasteiger partial charge in [-0.1, -0.05) is 37.3 Å². The van der Waals surface area contributed by atoms with Crippen LogP contribution in [-0.4, -0.2) is 15.6 Å². The van der Waals surface area contributed by atoms with Gasteiger partial charge in [0.2, 0.25) is 0 Å². The van der Waals surface area contributed by atoms with Crippen molar-refractivity contribution < 1.29 is 4.79 Å². The zero-order valence-corrected chi connectivity index (χ0v) is 14.5. The fourth-order valence-corrected chi connectivity index (χ4v) is 2.70. The van der Waals surface area contributed by atoms with Crippen molar-refractivity contribution in [1.29, 1.82) is 0 Å². The van der Waals surface area contributed by atoms with Gasteiger partial charge in [-0.05, 0) is 36.2 Å². The fraction of sp³-hybridized carbons (Fsp3) is 0.238. The molecular weight excluding hydrogens is 310 g/mol. The van der Waals surface area contributed by atoms with Gasteiger partial charge in [0.05, 0.1) is 12.7 Å². The van der Waals surface area contributed by atoms with Crippen molar-refractivity contribution in [2.45, 2.75) is 32.9 Å². The van der Waals surface area contributed by atoms with Gasteiger partial charge in [-0.25, -0.2) is 0 Å². The third kappa shape index (κ3) is 4.80. The molecule has 3 rings (SSSR count). The first-order valence-corrected chi connectivity index (χ1v) is 8.67. The SMILES string of the molecule is CCCC(=O)c1ccc(NCc2cnn(Cc3ccccc3)c2)cc1. The number of nitrogens with one attached hydrogen (secondary N) is 1. The Morgan fingerprint density at radius 2 is 1.80 bits per heavy atom. The van der Waals surface area contributed by atoms with E-state index < -0.39 is 0 Å². The average molecular weight is 333 g/mol. The van der Waals surface area contributed by atoms with Crippen molar-refractivity contribution in [3.63, 3.8) is 0 Å². The lowest BCUT2D eigenvalue weighted by molar-refractivity contribution is 0.0982. The molecule has 0 aliphatic carbocycles. The molecule has 4 heteroatoms. The maximum atomic E-state index is 11.9. The second-order valence-electron chi connectivity index (χ2n) is 6.14. The molecule has 0 aliphatic rings. The standard InChI is InChI=1S/C21H23N3O/c1-2-6-21(25)19-9-11-20(12-10-19)22-13-18-14-23-24(16-18)15-17-7-4-3-5-8-17/h3-5,7-12,14,16,22H,2,6,13,15H2,1H3. The van der Waals surface area contributed by atoms with Crippen molar-refractivity contribution in [3.05, 3.63) is 83.7 Å². The molecule has 2 aromatic carbocycles. The van der Waals surface area contributed by atoms with Crippen LogP contribution in [0.2, 0.25) is 0 Å². The molecule has 0 atom stereocenters. The first kappa shape index (κ1) is 17.0. The van der Waals surface area contributed by atoms with E-state index in [1.807, 2.05) is 60.3 Å². The minimum absolute atomic E-state index is 0.205. The van der Waals surface area contributed by atoms with Gasteiger partial charge in [0.15, 0.2) is 5.78 Å². The number of rotatable bonds is 8. The Labute approximate surface area is 148 Å². The lowest BCUT2D eigenvalue weighted by atomic mass is 10.1. The second kappa shape index (κ2) is 8.29. The molecule has 0 saturated heterocycles. The molecule has 0 aliphatic heterocycles. The Hall–Kier alpha value is -2.88. The third-order valence-corrected chi connectivity index (χ3v) is 4.05. The molecule has 0 radical (unpaired) electrons. The van der Waals surface area contributed by atoms with E-state index in [1.54, 1.807) is 0 Å². The number of nitrogens with zero attached hydrogens (tertiary/aromatic N) is 2. The Bertz CT molecular complexity index is 807. The van der Waals surface area contributed by atoms with E-state index in [1.165, 1.54) is 5.56 Å². The van der Waals surface area contributed by atoms with Crippen LogP contribution in [0, 0.1) is 0 Å². The summed E-state index contributed by atoms with van der Waals surface area (Å²) >= 11 is 0. The van der Waals surface area contributed by atoms with Gasteiger partial charge in [-0.15, -0.1) is 0 Å². The van der Waals surface area contributed by atoms with Crippen molar-refractivity contribution in [2.24, 2.45) is 0 Å². The summed E-state index contributed by atoms with van der Waals surface area (Å²) in [6.45, 7) is 3.50. The van der Waals surface area contributed by atoms with Gasteiger partial charge in [-0.3, -0.25) is 9.48 Å². The number of carbonyl (C=O) groups is 1. The lowest BCUT2D eigenvalue weighted by Crippen LogP contribution is -2.01. The van der Waals surface area contributed by atoms with Crippen LogP contribution in [0.3, 0.4) is 0 Å². The van der Waals surface area contributed by atoms with Crippen molar-refractivity contribution in [3.8, 4) is 0 Å².